The Morgan fingerprint density at radius 1 is 1.17 bits per heavy atom. The van der Waals surface area contributed by atoms with Crippen LogP contribution in [-0.2, 0) is 4.74 Å². The number of hydrogen-bond acceptors (Lipinski definition) is 6. The number of para-hydroxylation sites is 1. The van der Waals surface area contributed by atoms with Gasteiger partial charge in [-0.15, -0.1) is 0 Å². The van der Waals surface area contributed by atoms with Gasteiger partial charge in [-0.05, 0) is 30.2 Å². The van der Waals surface area contributed by atoms with Crippen LogP contribution in [0, 0.1) is 17.2 Å². The molecule has 0 saturated carbocycles. The summed E-state index contributed by atoms with van der Waals surface area (Å²) in [6.07, 6.45) is 0.548. The zero-order valence-corrected chi connectivity index (χ0v) is 17.6. The van der Waals surface area contributed by atoms with Crippen LogP contribution in [0.1, 0.15) is 36.4 Å². The highest BCUT2D eigenvalue weighted by Crippen LogP contribution is 2.49. The third-order valence-corrected chi connectivity index (χ3v) is 5.92. The summed E-state index contributed by atoms with van der Waals surface area (Å²) in [5.41, 5.74) is 15.2. The molecule has 150 valence electrons. The van der Waals surface area contributed by atoms with E-state index in [4.69, 9.17) is 15.2 Å². The fourth-order valence-corrected chi connectivity index (χ4v) is 4.37. The van der Waals surface area contributed by atoms with Gasteiger partial charge in [0.1, 0.15) is 11.8 Å². The molecular weight excluding hydrogens is 432 g/mol. The second kappa shape index (κ2) is 8.46. The largest absolute Gasteiger partial charge is 0.493 e. The van der Waals surface area contributed by atoms with Crippen molar-refractivity contribution in [3.8, 4) is 11.8 Å². The molecule has 29 heavy (non-hydrogen) atoms. The van der Waals surface area contributed by atoms with Crippen molar-refractivity contribution in [1.29, 1.82) is 5.26 Å². The Kier molecular flexibility index (Phi) is 5.76. The van der Waals surface area contributed by atoms with Gasteiger partial charge in [-0.25, -0.2) is 10.9 Å². The molecule has 2 aromatic rings. The first kappa shape index (κ1) is 19.8. The summed E-state index contributed by atoms with van der Waals surface area (Å²) in [4.78, 5) is 0. The summed E-state index contributed by atoms with van der Waals surface area (Å²) in [5, 5.41) is 9.92. The van der Waals surface area contributed by atoms with Crippen molar-refractivity contribution < 1.29 is 9.47 Å². The number of hydrogen-bond donors (Lipinski definition) is 3. The molecule has 4 unspecified atom stereocenters. The Bertz CT molecular complexity index is 954. The van der Waals surface area contributed by atoms with Gasteiger partial charge in [0.25, 0.3) is 0 Å². The maximum absolute atomic E-state index is 9.92. The Balaban J connectivity index is 1.81. The smallest absolute Gasteiger partial charge is 0.200 e. The van der Waals surface area contributed by atoms with E-state index in [-0.39, 0.29) is 30.0 Å². The number of nitriles is 1. The number of rotatable bonds is 5. The summed E-state index contributed by atoms with van der Waals surface area (Å²) in [5.74, 6) is 0.601. The highest BCUT2D eigenvalue weighted by atomic mass is 79.9. The molecule has 0 aromatic heterocycles. The Labute approximate surface area is 178 Å². The summed E-state index contributed by atoms with van der Waals surface area (Å²) < 4.78 is 12.9. The van der Waals surface area contributed by atoms with Crippen molar-refractivity contribution in [2.24, 2.45) is 11.7 Å². The van der Waals surface area contributed by atoms with Gasteiger partial charge in [0.2, 0.25) is 5.88 Å². The molecule has 4 N–H and O–H groups in total. The van der Waals surface area contributed by atoms with Crippen molar-refractivity contribution in [3.63, 3.8) is 0 Å². The van der Waals surface area contributed by atoms with Crippen LogP contribution in [0.25, 0.3) is 0 Å². The lowest BCUT2D eigenvalue weighted by atomic mass is 9.74. The minimum absolute atomic E-state index is 0.0613. The van der Waals surface area contributed by atoms with E-state index in [0.717, 1.165) is 27.8 Å². The van der Waals surface area contributed by atoms with E-state index in [9.17, 15) is 5.26 Å². The minimum atomic E-state index is -0.357. The average Bonchev–Trinajstić information content (AvgIpc) is 3.15. The SMILES string of the molecule is CCCOc1ccccc1C1C(C#N)=C(N)OC2NNC(c3ccc(Br)cc3)C21. The van der Waals surface area contributed by atoms with Crippen LogP contribution in [0.5, 0.6) is 5.75 Å². The molecule has 0 aliphatic carbocycles. The first-order valence-corrected chi connectivity index (χ1v) is 10.5. The van der Waals surface area contributed by atoms with Crippen LogP contribution in [0.3, 0.4) is 0 Å². The number of nitrogens with zero attached hydrogens (tertiary/aromatic N) is 1. The molecule has 2 aromatic carbocycles. The van der Waals surface area contributed by atoms with Gasteiger partial charge in [-0.2, -0.15) is 5.26 Å². The molecule has 2 aliphatic heterocycles. The molecule has 2 aliphatic rings. The molecule has 0 radical (unpaired) electrons. The highest BCUT2D eigenvalue weighted by Gasteiger charge is 2.49. The molecule has 4 rings (SSSR count). The lowest BCUT2D eigenvalue weighted by molar-refractivity contribution is 0.0337. The van der Waals surface area contributed by atoms with Crippen molar-refractivity contribution in [1.82, 2.24) is 10.9 Å². The van der Waals surface area contributed by atoms with Crippen molar-refractivity contribution in [2.75, 3.05) is 6.61 Å². The molecule has 0 bridgehead atoms. The van der Waals surface area contributed by atoms with Gasteiger partial charge < -0.3 is 15.2 Å². The van der Waals surface area contributed by atoms with E-state index in [1.165, 1.54) is 0 Å². The van der Waals surface area contributed by atoms with Gasteiger partial charge in [-0.3, -0.25) is 0 Å². The van der Waals surface area contributed by atoms with Crippen molar-refractivity contribution in [3.05, 3.63) is 75.6 Å². The van der Waals surface area contributed by atoms with Crippen LogP contribution < -0.4 is 21.3 Å². The summed E-state index contributed by atoms with van der Waals surface area (Å²) in [6.45, 7) is 2.68. The number of fused-ring (bicyclic) bond motifs is 1. The number of benzene rings is 2. The first-order valence-electron chi connectivity index (χ1n) is 9.68. The summed E-state index contributed by atoms with van der Waals surface area (Å²) in [6, 6.07) is 18.3. The van der Waals surface area contributed by atoms with Crippen LogP contribution in [0.4, 0.5) is 0 Å². The van der Waals surface area contributed by atoms with E-state index in [0.29, 0.717) is 12.2 Å². The van der Waals surface area contributed by atoms with Crippen LogP contribution in [-0.4, -0.2) is 12.8 Å². The van der Waals surface area contributed by atoms with Crippen LogP contribution in [0.2, 0.25) is 0 Å². The number of nitrogens with two attached hydrogens (primary N) is 1. The number of nitrogens with one attached hydrogen (secondary N) is 2. The van der Waals surface area contributed by atoms with E-state index in [1.54, 1.807) is 0 Å². The Morgan fingerprint density at radius 2 is 1.93 bits per heavy atom. The van der Waals surface area contributed by atoms with Gasteiger partial charge in [0, 0.05) is 21.9 Å². The molecule has 0 amide bonds. The number of hydrazine groups is 1. The highest BCUT2D eigenvalue weighted by molar-refractivity contribution is 9.10. The van der Waals surface area contributed by atoms with Gasteiger partial charge in [-0.1, -0.05) is 53.2 Å². The normalized spacial score (nSPS) is 25.8. The van der Waals surface area contributed by atoms with E-state index < -0.39 is 0 Å². The van der Waals surface area contributed by atoms with E-state index in [1.807, 2.05) is 36.4 Å². The van der Waals surface area contributed by atoms with Gasteiger partial charge >= 0.3 is 0 Å². The van der Waals surface area contributed by atoms with Crippen LogP contribution in [0.15, 0.2) is 64.5 Å². The molecule has 2 heterocycles. The predicted octanol–water partition coefficient (Wildman–Crippen LogP) is 3.84. The molecular formula is C22H23BrN4O2. The Hall–Kier alpha value is -2.53. The number of ether oxygens (including phenoxy) is 2. The third-order valence-electron chi connectivity index (χ3n) is 5.40. The van der Waals surface area contributed by atoms with Crippen molar-refractivity contribution >= 4 is 15.9 Å². The molecule has 7 heteroatoms. The van der Waals surface area contributed by atoms with Crippen molar-refractivity contribution in [2.45, 2.75) is 31.5 Å². The molecule has 1 fully saturated rings. The zero-order valence-electron chi connectivity index (χ0n) is 16.1. The quantitative estimate of drug-likeness (QED) is 0.635. The third kappa shape index (κ3) is 3.71. The standard InChI is InChI=1S/C22H23BrN4O2/c1-2-11-28-17-6-4-3-5-15(17)18-16(12-24)21(25)29-22-19(18)20(26-27-22)13-7-9-14(23)10-8-13/h3-10,18-20,22,26-27H,2,11,25H2,1H3. The molecule has 4 atom stereocenters. The monoisotopic (exact) mass is 454 g/mol. The first-order chi connectivity index (χ1) is 14.1. The summed E-state index contributed by atoms with van der Waals surface area (Å²) >= 11 is 3.49. The maximum Gasteiger partial charge on any atom is 0.200 e. The molecule has 6 nitrogen and oxygen atoms in total. The van der Waals surface area contributed by atoms with Gasteiger partial charge in [0.15, 0.2) is 6.23 Å². The van der Waals surface area contributed by atoms with E-state index in [2.05, 4.69) is 51.9 Å². The Morgan fingerprint density at radius 3 is 2.66 bits per heavy atom. The topological polar surface area (TPSA) is 92.3 Å². The fourth-order valence-electron chi connectivity index (χ4n) is 4.10. The average molecular weight is 455 g/mol. The fraction of sp³-hybridized carbons (Fsp3) is 0.318. The second-order valence-electron chi connectivity index (χ2n) is 7.19. The molecule has 0 spiro atoms. The second-order valence-corrected chi connectivity index (χ2v) is 8.10. The minimum Gasteiger partial charge on any atom is -0.493 e. The number of halogens is 1. The molecule has 1 saturated heterocycles. The lowest BCUT2D eigenvalue weighted by Gasteiger charge is -2.36. The van der Waals surface area contributed by atoms with Gasteiger partial charge in [0.05, 0.1) is 18.2 Å². The summed E-state index contributed by atoms with van der Waals surface area (Å²) in [7, 11) is 0. The zero-order chi connectivity index (χ0) is 20.4. The predicted molar refractivity (Wildman–Crippen MR) is 113 cm³/mol. The van der Waals surface area contributed by atoms with Crippen LogP contribution >= 0.6 is 15.9 Å². The lowest BCUT2D eigenvalue weighted by Crippen LogP contribution is -2.41. The maximum atomic E-state index is 9.92. The number of allylic oxidation sites excluding steroid dienone is 1. The van der Waals surface area contributed by atoms with E-state index >= 15 is 0 Å².